The molecule has 2 aromatic rings. The predicted molar refractivity (Wildman–Crippen MR) is 103 cm³/mol. The number of hydrogen-bond donors (Lipinski definition) is 2. The lowest BCUT2D eigenvalue weighted by atomic mass is 9.95. The second-order valence-electron chi connectivity index (χ2n) is 6.66. The van der Waals surface area contributed by atoms with Crippen LogP contribution in [0.15, 0.2) is 30.3 Å². The molecule has 1 aliphatic rings. The molecule has 0 atom stereocenters. The van der Waals surface area contributed by atoms with Gasteiger partial charge in [-0.3, -0.25) is 4.79 Å². The van der Waals surface area contributed by atoms with Gasteiger partial charge in [-0.1, -0.05) is 25.3 Å². The normalized spacial score (nSPS) is 14.4. The van der Waals surface area contributed by atoms with Crippen LogP contribution in [-0.2, 0) is 6.54 Å². The lowest BCUT2D eigenvalue weighted by molar-refractivity contribution is 0.0921. The Morgan fingerprint density at radius 3 is 2.48 bits per heavy atom. The third-order valence-electron chi connectivity index (χ3n) is 4.76. The average Bonchev–Trinajstić information content (AvgIpc) is 2.73. The van der Waals surface area contributed by atoms with Crippen LogP contribution in [0.5, 0.6) is 11.5 Å². The lowest BCUT2D eigenvalue weighted by Gasteiger charge is -2.22. The number of hydrogen-bond acceptors (Lipinski definition) is 6. The maximum atomic E-state index is 12.3. The first-order valence-corrected chi connectivity index (χ1v) is 9.29. The van der Waals surface area contributed by atoms with Gasteiger partial charge in [0.05, 0.1) is 14.2 Å². The number of anilines is 1. The van der Waals surface area contributed by atoms with Gasteiger partial charge in [-0.15, -0.1) is 10.2 Å². The molecule has 144 valence electrons. The van der Waals surface area contributed by atoms with Crippen LogP contribution >= 0.6 is 0 Å². The monoisotopic (exact) mass is 370 g/mol. The van der Waals surface area contributed by atoms with E-state index in [2.05, 4.69) is 20.8 Å². The smallest absolute Gasteiger partial charge is 0.272 e. The molecule has 1 heterocycles. The Morgan fingerprint density at radius 1 is 1.04 bits per heavy atom. The van der Waals surface area contributed by atoms with Crippen molar-refractivity contribution in [1.82, 2.24) is 15.5 Å². The minimum absolute atomic E-state index is 0.152. The highest BCUT2D eigenvalue weighted by Crippen LogP contribution is 2.27. The maximum absolute atomic E-state index is 12.3. The van der Waals surface area contributed by atoms with E-state index in [9.17, 15) is 4.79 Å². The van der Waals surface area contributed by atoms with Crippen molar-refractivity contribution in [2.45, 2.75) is 44.7 Å². The molecule has 1 aromatic carbocycles. The first kappa shape index (κ1) is 18.9. The molecule has 1 aliphatic carbocycles. The van der Waals surface area contributed by atoms with Gasteiger partial charge in [0.15, 0.2) is 17.2 Å². The van der Waals surface area contributed by atoms with Gasteiger partial charge in [-0.2, -0.15) is 0 Å². The summed E-state index contributed by atoms with van der Waals surface area (Å²) in [5.41, 5.74) is 1.37. The number of benzene rings is 1. The Balaban J connectivity index is 1.55. The van der Waals surface area contributed by atoms with Gasteiger partial charge in [0.1, 0.15) is 5.82 Å². The number of methoxy groups -OCH3 is 2. The summed E-state index contributed by atoms with van der Waals surface area (Å²) in [7, 11) is 3.22. The molecule has 0 aliphatic heterocycles. The van der Waals surface area contributed by atoms with Crippen molar-refractivity contribution in [2.75, 3.05) is 19.5 Å². The molecule has 0 saturated heterocycles. The van der Waals surface area contributed by atoms with Crippen LogP contribution < -0.4 is 20.1 Å². The largest absolute Gasteiger partial charge is 0.493 e. The molecule has 0 unspecified atom stereocenters. The van der Waals surface area contributed by atoms with Crippen LogP contribution in [0.25, 0.3) is 0 Å². The van der Waals surface area contributed by atoms with Crippen LogP contribution in [0.1, 0.15) is 48.2 Å². The van der Waals surface area contributed by atoms with Crippen LogP contribution in [0.4, 0.5) is 5.82 Å². The number of nitrogens with one attached hydrogen (secondary N) is 2. The quantitative estimate of drug-likeness (QED) is 0.779. The number of aromatic nitrogens is 2. The predicted octanol–water partition coefficient (Wildman–Crippen LogP) is 3.17. The van der Waals surface area contributed by atoms with Crippen LogP contribution in [0.2, 0.25) is 0 Å². The summed E-state index contributed by atoms with van der Waals surface area (Å²) in [4.78, 5) is 12.3. The van der Waals surface area contributed by atoms with E-state index in [1.54, 1.807) is 26.4 Å². The maximum Gasteiger partial charge on any atom is 0.272 e. The first-order chi connectivity index (χ1) is 13.2. The fourth-order valence-corrected chi connectivity index (χ4v) is 3.24. The molecule has 0 radical (unpaired) electrons. The number of rotatable bonds is 7. The summed E-state index contributed by atoms with van der Waals surface area (Å²) in [6.45, 7) is 0.558. The molecule has 1 amide bonds. The first-order valence-electron chi connectivity index (χ1n) is 9.29. The molecular formula is C20H26N4O3. The van der Waals surface area contributed by atoms with E-state index < -0.39 is 0 Å². The average molecular weight is 370 g/mol. The molecule has 0 spiro atoms. The van der Waals surface area contributed by atoms with E-state index in [-0.39, 0.29) is 11.9 Å². The number of ether oxygens (including phenoxy) is 2. The van der Waals surface area contributed by atoms with E-state index in [0.29, 0.717) is 29.6 Å². The zero-order chi connectivity index (χ0) is 19.1. The molecule has 7 nitrogen and oxygen atoms in total. The van der Waals surface area contributed by atoms with Crippen molar-refractivity contribution in [3.63, 3.8) is 0 Å². The van der Waals surface area contributed by atoms with E-state index in [0.717, 1.165) is 18.4 Å². The third-order valence-corrected chi connectivity index (χ3v) is 4.76. The molecule has 27 heavy (non-hydrogen) atoms. The van der Waals surface area contributed by atoms with Gasteiger partial charge < -0.3 is 20.1 Å². The fourth-order valence-electron chi connectivity index (χ4n) is 3.24. The highest BCUT2D eigenvalue weighted by Gasteiger charge is 2.17. The number of carbonyl (C=O) groups excluding carboxylic acids is 1. The molecule has 2 N–H and O–H groups in total. The van der Waals surface area contributed by atoms with Crippen LogP contribution in [-0.4, -0.2) is 36.4 Å². The van der Waals surface area contributed by atoms with Crippen LogP contribution in [0, 0.1) is 0 Å². The Morgan fingerprint density at radius 2 is 1.81 bits per heavy atom. The van der Waals surface area contributed by atoms with Crippen molar-refractivity contribution in [3.05, 3.63) is 41.6 Å². The Kier molecular flexibility index (Phi) is 6.46. The van der Waals surface area contributed by atoms with Crippen molar-refractivity contribution in [3.8, 4) is 11.5 Å². The number of amides is 1. The standard InChI is InChI=1S/C20H26N4O3/c1-26-17-10-8-14(12-18(17)27-2)13-21-19-11-9-16(23-24-19)20(25)22-15-6-4-3-5-7-15/h8-12,15H,3-7,13H2,1-2H3,(H,21,24)(H,22,25). The summed E-state index contributed by atoms with van der Waals surface area (Å²) < 4.78 is 10.5. The van der Waals surface area contributed by atoms with Crippen molar-refractivity contribution < 1.29 is 14.3 Å². The highest BCUT2D eigenvalue weighted by atomic mass is 16.5. The zero-order valence-corrected chi connectivity index (χ0v) is 15.8. The summed E-state index contributed by atoms with van der Waals surface area (Å²) in [5.74, 6) is 1.83. The highest BCUT2D eigenvalue weighted by molar-refractivity contribution is 5.92. The van der Waals surface area contributed by atoms with Gasteiger partial charge in [-0.05, 0) is 42.7 Å². The van der Waals surface area contributed by atoms with E-state index in [1.165, 1.54) is 19.3 Å². The molecule has 7 heteroatoms. The molecule has 1 aromatic heterocycles. The Labute approximate surface area is 159 Å². The fraction of sp³-hybridized carbons (Fsp3) is 0.450. The van der Waals surface area contributed by atoms with Crippen molar-refractivity contribution in [1.29, 1.82) is 0 Å². The van der Waals surface area contributed by atoms with Gasteiger partial charge in [0.25, 0.3) is 5.91 Å². The molecule has 0 bridgehead atoms. The van der Waals surface area contributed by atoms with Crippen LogP contribution in [0.3, 0.4) is 0 Å². The van der Waals surface area contributed by atoms with E-state index >= 15 is 0 Å². The summed E-state index contributed by atoms with van der Waals surface area (Å²) in [6.07, 6.45) is 5.70. The van der Waals surface area contributed by atoms with Gasteiger partial charge >= 0.3 is 0 Å². The lowest BCUT2D eigenvalue weighted by Crippen LogP contribution is -2.36. The van der Waals surface area contributed by atoms with Gasteiger partial charge in [0.2, 0.25) is 0 Å². The molecule has 1 saturated carbocycles. The SMILES string of the molecule is COc1ccc(CNc2ccc(C(=O)NC3CCCCC3)nn2)cc1OC. The topological polar surface area (TPSA) is 85.4 Å². The summed E-state index contributed by atoms with van der Waals surface area (Å²) in [5, 5.41) is 14.4. The Bertz CT molecular complexity index is 758. The van der Waals surface area contributed by atoms with Gasteiger partial charge in [0, 0.05) is 12.6 Å². The van der Waals surface area contributed by atoms with E-state index in [4.69, 9.17) is 9.47 Å². The molecule has 1 fully saturated rings. The zero-order valence-electron chi connectivity index (χ0n) is 15.8. The number of carbonyl (C=O) groups is 1. The minimum atomic E-state index is -0.152. The summed E-state index contributed by atoms with van der Waals surface area (Å²) >= 11 is 0. The number of nitrogens with zero attached hydrogens (tertiary/aromatic N) is 2. The molecular weight excluding hydrogens is 344 g/mol. The van der Waals surface area contributed by atoms with Gasteiger partial charge in [-0.25, -0.2) is 0 Å². The van der Waals surface area contributed by atoms with Crippen molar-refractivity contribution >= 4 is 11.7 Å². The Hall–Kier alpha value is -2.83. The third kappa shape index (κ3) is 5.09. The van der Waals surface area contributed by atoms with Crippen molar-refractivity contribution in [2.24, 2.45) is 0 Å². The minimum Gasteiger partial charge on any atom is -0.493 e. The second kappa shape index (κ2) is 9.21. The second-order valence-corrected chi connectivity index (χ2v) is 6.66. The van der Waals surface area contributed by atoms with E-state index in [1.807, 2.05) is 18.2 Å². The summed E-state index contributed by atoms with van der Waals surface area (Å²) in [6, 6.07) is 9.45. The molecule has 3 rings (SSSR count).